The van der Waals surface area contributed by atoms with Crippen molar-refractivity contribution in [3.8, 4) is 5.69 Å². The highest BCUT2D eigenvalue weighted by Gasteiger charge is 2.30. The van der Waals surface area contributed by atoms with Crippen molar-refractivity contribution in [1.82, 2.24) is 19.9 Å². The number of halogens is 2. The minimum atomic E-state index is -0.786. The molecule has 1 saturated heterocycles. The molecule has 6 nitrogen and oxygen atoms in total. The Hall–Kier alpha value is -1.63. The van der Waals surface area contributed by atoms with E-state index in [-0.39, 0.29) is 0 Å². The molecule has 2 heterocycles. The van der Waals surface area contributed by atoms with Gasteiger partial charge in [0, 0.05) is 11.6 Å². The molecular formula is C14H14Cl2N4O2. The minimum absolute atomic E-state index is 0.440. The molecule has 0 bridgehead atoms. The van der Waals surface area contributed by atoms with Gasteiger partial charge in [0.2, 0.25) is 0 Å². The SMILES string of the molecule is O=C(O)[C@H]1CCCN1Cc1cn(-c2ccc(Cl)cc2Cl)nn1. The molecule has 0 aliphatic carbocycles. The topological polar surface area (TPSA) is 71.2 Å². The standard InChI is InChI=1S/C14H14Cl2N4O2/c15-9-3-4-12(11(16)6-9)20-8-10(17-18-20)7-19-5-1-2-13(19)14(21)22/h3-4,6,8,13H,1-2,5,7H2,(H,21,22)/t13-/m1/s1. The van der Waals surface area contributed by atoms with Crippen molar-refractivity contribution < 1.29 is 9.90 Å². The van der Waals surface area contributed by atoms with Crippen molar-refractivity contribution in [3.05, 3.63) is 40.1 Å². The van der Waals surface area contributed by atoms with Gasteiger partial charge in [0.15, 0.2) is 0 Å². The maximum Gasteiger partial charge on any atom is 0.320 e. The summed E-state index contributed by atoms with van der Waals surface area (Å²) >= 11 is 12.0. The molecule has 8 heteroatoms. The number of rotatable bonds is 4. The van der Waals surface area contributed by atoms with E-state index < -0.39 is 12.0 Å². The summed E-state index contributed by atoms with van der Waals surface area (Å²) in [6.07, 6.45) is 3.31. The van der Waals surface area contributed by atoms with Crippen LogP contribution in [0.3, 0.4) is 0 Å². The van der Waals surface area contributed by atoms with Crippen LogP contribution < -0.4 is 0 Å². The van der Waals surface area contributed by atoms with Gasteiger partial charge in [-0.2, -0.15) is 0 Å². The molecule has 1 atom stereocenters. The first-order valence-corrected chi connectivity index (χ1v) is 7.63. The Labute approximate surface area is 137 Å². The predicted octanol–water partition coefficient (Wildman–Crippen LogP) is 2.62. The number of nitrogens with zero attached hydrogens (tertiary/aromatic N) is 4. The van der Waals surface area contributed by atoms with Crippen LogP contribution in [-0.2, 0) is 11.3 Å². The lowest BCUT2D eigenvalue weighted by Gasteiger charge is -2.19. The van der Waals surface area contributed by atoms with Crippen LogP contribution in [0.2, 0.25) is 10.0 Å². The fourth-order valence-corrected chi connectivity index (χ4v) is 3.15. The lowest BCUT2D eigenvalue weighted by atomic mass is 10.2. The lowest BCUT2D eigenvalue weighted by molar-refractivity contribution is -0.142. The molecule has 0 radical (unpaired) electrons. The average molecular weight is 341 g/mol. The lowest BCUT2D eigenvalue weighted by Crippen LogP contribution is -2.35. The molecule has 1 aliphatic heterocycles. The second-order valence-electron chi connectivity index (χ2n) is 5.22. The van der Waals surface area contributed by atoms with Gasteiger partial charge in [-0.15, -0.1) is 5.10 Å². The summed E-state index contributed by atoms with van der Waals surface area (Å²) in [6, 6.07) is 4.69. The quantitative estimate of drug-likeness (QED) is 0.926. The van der Waals surface area contributed by atoms with E-state index in [4.69, 9.17) is 23.2 Å². The molecule has 1 aromatic heterocycles. The minimum Gasteiger partial charge on any atom is -0.480 e. The van der Waals surface area contributed by atoms with Crippen molar-refractivity contribution in [2.75, 3.05) is 6.54 Å². The van der Waals surface area contributed by atoms with E-state index in [0.29, 0.717) is 34.4 Å². The largest absolute Gasteiger partial charge is 0.480 e. The predicted molar refractivity (Wildman–Crippen MR) is 82.4 cm³/mol. The van der Waals surface area contributed by atoms with Gasteiger partial charge in [-0.25, -0.2) is 4.68 Å². The fraction of sp³-hybridized carbons (Fsp3) is 0.357. The van der Waals surface area contributed by atoms with Crippen molar-refractivity contribution in [2.24, 2.45) is 0 Å². The normalized spacial score (nSPS) is 18.7. The Morgan fingerprint density at radius 1 is 1.41 bits per heavy atom. The molecule has 3 rings (SSSR count). The number of aromatic nitrogens is 3. The highest BCUT2D eigenvalue weighted by molar-refractivity contribution is 6.35. The maximum atomic E-state index is 11.2. The monoisotopic (exact) mass is 340 g/mol. The van der Waals surface area contributed by atoms with E-state index in [1.54, 1.807) is 29.1 Å². The number of benzene rings is 1. The summed E-state index contributed by atoms with van der Waals surface area (Å²) in [5, 5.41) is 18.4. The smallest absolute Gasteiger partial charge is 0.320 e. The number of carboxylic acid groups (broad SMARTS) is 1. The summed E-state index contributed by atoms with van der Waals surface area (Å²) in [6.45, 7) is 1.22. The first kappa shape index (κ1) is 15.3. The van der Waals surface area contributed by atoms with Crippen LogP contribution in [0, 0.1) is 0 Å². The van der Waals surface area contributed by atoms with Crippen LogP contribution in [0.5, 0.6) is 0 Å². The van der Waals surface area contributed by atoms with E-state index in [2.05, 4.69) is 10.3 Å². The van der Waals surface area contributed by atoms with Crippen LogP contribution in [-0.4, -0.2) is 43.6 Å². The Morgan fingerprint density at radius 3 is 2.95 bits per heavy atom. The van der Waals surface area contributed by atoms with Crippen LogP contribution in [0.1, 0.15) is 18.5 Å². The number of aliphatic carboxylic acids is 1. The van der Waals surface area contributed by atoms with Crippen molar-refractivity contribution in [2.45, 2.75) is 25.4 Å². The Bertz CT molecular complexity index is 704. The highest BCUT2D eigenvalue weighted by Crippen LogP contribution is 2.24. The number of carbonyl (C=O) groups is 1. The summed E-state index contributed by atoms with van der Waals surface area (Å²) in [7, 11) is 0. The van der Waals surface area contributed by atoms with Crippen molar-refractivity contribution >= 4 is 29.2 Å². The van der Waals surface area contributed by atoms with Gasteiger partial charge < -0.3 is 5.11 Å². The summed E-state index contributed by atoms with van der Waals surface area (Å²) in [5.74, 6) is -0.786. The van der Waals surface area contributed by atoms with E-state index >= 15 is 0 Å². The zero-order valence-electron chi connectivity index (χ0n) is 11.6. The van der Waals surface area contributed by atoms with E-state index in [1.807, 2.05) is 4.90 Å². The Balaban J connectivity index is 1.78. The molecule has 2 aromatic rings. The summed E-state index contributed by atoms with van der Waals surface area (Å²) in [5.41, 5.74) is 1.39. The number of likely N-dealkylation sites (tertiary alicyclic amines) is 1. The molecule has 116 valence electrons. The third-order valence-electron chi connectivity index (χ3n) is 3.71. The molecule has 0 saturated carbocycles. The van der Waals surface area contributed by atoms with Crippen LogP contribution in [0.15, 0.2) is 24.4 Å². The summed E-state index contributed by atoms with van der Waals surface area (Å²) in [4.78, 5) is 13.1. The number of carboxylic acids is 1. The van der Waals surface area contributed by atoms with Gasteiger partial charge in [-0.05, 0) is 37.6 Å². The van der Waals surface area contributed by atoms with Gasteiger partial charge >= 0.3 is 5.97 Å². The molecule has 1 fully saturated rings. The Morgan fingerprint density at radius 2 is 2.23 bits per heavy atom. The third kappa shape index (κ3) is 3.09. The van der Waals surface area contributed by atoms with Gasteiger partial charge in [0.05, 0.1) is 22.6 Å². The van der Waals surface area contributed by atoms with Crippen molar-refractivity contribution in [1.29, 1.82) is 0 Å². The van der Waals surface area contributed by atoms with Gasteiger partial charge in [-0.1, -0.05) is 28.4 Å². The van der Waals surface area contributed by atoms with Crippen LogP contribution in [0.4, 0.5) is 0 Å². The number of hydrogen-bond donors (Lipinski definition) is 1. The molecule has 0 spiro atoms. The Kier molecular flexibility index (Phi) is 4.33. The first-order chi connectivity index (χ1) is 10.5. The summed E-state index contributed by atoms with van der Waals surface area (Å²) < 4.78 is 1.57. The molecule has 22 heavy (non-hydrogen) atoms. The van der Waals surface area contributed by atoms with Gasteiger partial charge in [0.1, 0.15) is 6.04 Å². The zero-order chi connectivity index (χ0) is 15.7. The van der Waals surface area contributed by atoms with E-state index in [1.165, 1.54) is 0 Å². The molecular weight excluding hydrogens is 327 g/mol. The third-order valence-corrected chi connectivity index (χ3v) is 4.25. The van der Waals surface area contributed by atoms with Crippen molar-refractivity contribution in [3.63, 3.8) is 0 Å². The van der Waals surface area contributed by atoms with E-state index in [0.717, 1.165) is 13.0 Å². The van der Waals surface area contributed by atoms with Gasteiger partial charge in [0.25, 0.3) is 0 Å². The molecule has 0 amide bonds. The second-order valence-corrected chi connectivity index (χ2v) is 6.06. The van der Waals surface area contributed by atoms with Crippen LogP contribution in [0.25, 0.3) is 5.69 Å². The van der Waals surface area contributed by atoms with Gasteiger partial charge in [-0.3, -0.25) is 9.69 Å². The first-order valence-electron chi connectivity index (χ1n) is 6.88. The maximum absolute atomic E-state index is 11.2. The number of hydrogen-bond acceptors (Lipinski definition) is 4. The molecule has 0 unspecified atom stereocenters. The molecule has 1 aliphatic rings. The second kappa shape index (κ2) is 6.24. The average Bonchev–Trinajstić information content (AvgIpc) is 3.08. The zero-order valence-corrected chi connectivity index (χ0v) is 13.1. The molecule has 1 N–H and O–H groups in total. The molecule has 1 aromatic carbocycles. The van der Waals surface area contributed by atoms with Crippen LogP contribution >= 0.6 is 23.2 Å². The van der Waals surface area contributed by atoms with E-state index in [9.17, 15) is 9.90 Å². The fourth-order valence-electron chi connectivity index (χ4n) is 2.66. The highest BCUT2D eigenvalue weighted by atomic mass is 35.5.